The minimum absolute atomic E-state index is 0.551. The molecule has 1 saturated carbocycles. The molecule has 0 radical (unpaired) electrons. The maximum Gasteiger partial charge on any atom is -0.0244 e. The van der Waals surface area contributed by atoms with Gasteiger partial charge in [-0.3, -0.25) is 0 Å². The van der Waals surface area contributed by atoms with Gasteiger partial charge in [-0.2, -0.15) is 0 Å². The van der Waals surface area contributed by atoms with E-state index in [1.54, 1.807) is 0 Å². The number of hydrogen-bond donors (Lipinski definition) is 0. The molecule has 0 bridgehead atoms. The first-order chi connectivity index (χ1) is 7.88. The largest absolute Gasteiger partial charge is 0.0654 e. The molecule has 102 valence electrons. The Labute approximate surface area is 110 Å². The highest BCUT2D eigenvalue weighted by atomic mass is 14.6. The van der Waals surface area contributed by atoms with Crippen LogP contribution in [0.15, 0.2) is 0 Å². The summed E-state index contributed by atoms with van der Waals surface area (Å²) in [5, 5.41) is 0. The second kappa shape index (κ2) is 5.76. The van der Waals surface area contributed by atoms with Crippen LogP contribution in [0, 0.1) is 22.7 Å². The Hall–Kier alpha value is 0. The molecule has 0 nitrogen and oxygen atoms in total. The standard InChI is InChI=1S/C17H34/c1-7-8-9-10-11-12-13-17(6)15(3)14(2)16(17,4)5/h14-15H,7-13H2,1-6H3. The van der Waals surface area contributed by atoms with Gasteiger partial charge in [-0.15, -0.1) is 0 Å². The van der Waals surface area contributed by atoms with E-state index < -0.39 is 0 Å². The van der Waals surface area contributed by atoms with Crippen LogP contribution in [0.25, 0.3) is 0 Å². The number of rotatable bonds is 7. The molecule has 3 unspecified atom stereocenters. The van der Waals surface area contributed by atoms with Crippen molar-refractivity contribution in [3.8, 4) is 0 Å². The van der Waals surface area contributed by atoms with Crippen LogP contribution in [0.5, 0.6) is 0 Å². The predicted octanol–water partition coefficient (Wildman–Crippen LogP) is 6.06. The summed E-state index contributed by atoms with van der Waals surface area (Å²) in [5.41, 5.74) is 1.15. The molecule has 0 saturated heterocycles. The molecule has 0 heteroatoms. The molecule has 0 aromatic heterocycles. The van der Waals surface area contributed by atoms with Crippen LogP contribution in [0.4, 0.5) is 0 Å². The third-order valence-corrected chi connectivity index (χ3v) is 6.41. The van der Waals surface area contributed by atoms with E-state index in [0.717, 1.165) is 11.8 Å². The molecule has 0 amide bonds. The molecule has 0 aromatic carbocycles. The smallest absolute Gasteiger partial charge is 0.0244 e. The molecule has 1 aliphatic rings. The Morgan fingerprint density at radius 1 is 0.765 bits per heavy atom. The highest BCUT2D eigenvalue weighted by Gasteiger charge is 2.59. The summed E-state index contributed by atoms with van der Waals surface area (Å²) in [6.45, 7) is 14.7. The van der Waals surface area contributed by atoms with Crippen molar-refractivity contribution in [3.05, 3.63) is 0 Å². The van der Waals surface area contributed by atoms with Crippen molar-refractivity contribution in [3.63, 3.8) is 0 Å². The number of hydrogen-bond acceptors (Lipinski definition) is 0. The summed E-state index contributed by atoms with van der Waals surface area (Å²) >= 11 is 0. The second-order valence-corrected chi connectivity index (χ2v) is 7.23. The molecule has 0 spiro atoms. The van der Waals surface area contributed by atoms with Crippen molar-refractivity contribution in [2.45, 2.75) is 86.5 Å². The zero-order chi connectivity index (χ0) is 13.1. The lowest BCUT2D eigenvalue weighted by atomic mass is 9.40. The summed E-state index contributed by atoms with van der Waals surface area (Å²) in [7, 11) is 0. The third kappa shape index (κ3) is 2.71. The summed E-state index contributed by atoms with van der Waals surface area (Å²) in [6, 6.07) is 0. The fourth-order valence-corrected chi connectivity index (χ4v) is 4.01. The van der Waals surface area contributed by atoms with Crippen LogP contribution >= 0.6 is 0 Å². The van der Waals surface area contributed by atoms with Gasteiger partial charge in [0, 0.05) is 0 Å². The van der Waals surface area contributed by atoms with Gasteiger partial charge in [0.1, 0.15) is 0 Å². The van der Waals surface area contributed by atoms with Gasteiger partial charge in [0.25, 0.3) is 0 Å². The van der Waals surface area contributed by atoms with E-state index >= 15 is 0 Å². The fourth-order valence-electron chi connectivity index (χ4n) is 4.01. The molecule has 17 heavy (non-hydrogen) atoms. The maximum absolute atomic E-state index is 2.53. The Balaban J connectivity index is 2.27. The van der Waals surface area contributed by atoms with Gasteiger partial charge < -0.3 is 0 Å². The SMILES string of the molecule is CCCCCCCCC1(C)C(C)C(C)C1(C)C. The van der Waals surface area contributed by atoms with Gasteiger partial charge in [-0.05, 0) is 29.1 Å². The Morgan fingerprint density at radius 3 is 1.82 bits per heavy atom. The van der Waals surface area contributed by atoms with Crippen LogP contribution in [-0.4, -0.2) is 0 Å². The fraction of sp³-hybridized carbons (Fsp3) is 1.00. The van der Waals surface area contributed by atoms with Crippen molar-refractivity contribution < 1.29 is 0 Å². The molecule has 0 N–H and O–H groups in total. The molecule has 0 aliphatic heterocycles. The normalized spacial score (nSPS) is 35.6. The van der Waals surface area contributed by atoms with Gasteiger partial charge >= 0.3 is 0 Å². The van der Waals surface area contributed by atoms with E-state index in [1.165, 1.54) is 44.9 Å². The molecular formula is C17H34. The zero-order valence-electron chi connectivity index (χ0n) is 13.1. The monoisotopic (exact) mass is 238 g/mol. The lowest BCUT2D eigenvalue weighted by molar-refractivity contribution is -0.167. The van der Waals surface area contributed by atoms with E-state index in [4.69, 9.17) is 0 Å². The quantitative estimate of drug-likeness (QED) is 0.473. The Bertz CT molecular complexity index is 228. The van der Waals surface area contributed by atoms with Crippen LogP contribution in [0.2, 0.25) is 0 Å². The highest BCUT2D eigenvalue weighted by molar-refractivity contribution is 5.07. The minimum Gasteiger partial charge on any atom is -0.0654 e. The molecule has 0 heterocycles. The molecular weight excluding hydrogens is 204 g/mol. The molecule has 1 aliphatic carbocycles. The summed E-state index contributed by atoms with van der Waals surface area (Å²) < 4.78 is 0. The van der Waals surface area contributed by atoms with Crippen molar-refractivity contribution in [2.24, 2.45) is 22.7 Å². The first-order valence-electron chi connectivity index (χ1n) is 7.88. The Morgan fingerprint density at radius 2 is 1.29 bits per heavy atom. The topological polar surface area (TPSA) is 0 Å². The maximum atomic E-state index is 2.53. The van der Waals surface area contributed by atoms with E-state index in [-0.39, 0.29) is 0 Å². The zero-order valence-corrected chi connectivity index (χ0v) is 13.1. The van der Waals surface area contributed by atoms with Gasteiger partial charge in [0.05, 0.1) is 0 Å². The Kier molecular flexibility index (Phi) is 5.10. The van der Waals surface area contributed by atoms with Crippen molar-refractivity contribution >= 4 is 0 Å². The highest BCUT2D eigenvalue weighted by Crippen LogP contribution is 2.66. The van der Waals surface area contributed by atoms with E-state index in [0.29, 0.717) is 10.8 Å². The van der Waals surface area contributed by atoms with Crippen LogP contribution < -0.4 is 0 Å². The average molecular weight is 238 g/mol. The van der Waals surface area contributed by atoms with Gasteiger partial charge in [0.15, 0.2) is 0 Å². The van der Waals surface area contributed by atoms with Crippen molar-refractivity contribution in [1.29, 1.82) is 0 Å². The second-order valence-electron chi connectivity index (χ2n) is 7.23. The first-order valence-corrected chi connectivity index (χ1v) is 7.88. The number of unbranched alkanes of at least 4 members (excludes halogenated alkanes) is 5. The summed E-state index contributed by atoms with van der Waals surface area (Å²) in [4.78, 5) is 0. The van der Waals surface area contributed by atoms with Gasteiger partial charge in [-0.25, -0.2) is 0 Å². The summed E-state index contributed by atoms with van der Waals surface area (Å²) in [5.74, 6) is 1.81. The van der Waals surface area contributed by atoms with Crippen LogP contribution in [0.1, 0.15) is 86.5 Å². The van der Waals surface area contributed by atoms with E-state index in [1.807, 2.05) is 0 Å². The lowest BCUT2D eigenvalue weighted by Crippen LogP contribution is -2.59. The van der Waals surface area contributed by atoms with Crippen LogP contribution in [0.3, 0.4) is 0 Å². The minimum atomic E-state index is 0.551. The molecule has 0 aromatic rings. The lowest BCUT2D eigenvalue weighted by Gasteiger charge is -2.65. The third-order valence-electron chi connectivity index (χ3n) is 6.41. The van der Waals surface area contributed by atoms with Gasteiger partial charge in [0.2, 0.25) is 0 Å². The summed E-state index contributed by atoms with van der Waals surface area (Å²) in [6.07, 6.45) is 10.0. The molecule has 1 rings (SSSR count). The molecule has 1 fully saturated rings. The van der Waals surface area contributed by atoms with E-state index in [2.05, 4.69) is 41.5 Å². The predicted molar refractivity (Wildman–Crippen MR) is 78.2 cm³/mol. The van der Waals surface area contributed by atoms with Crippen LogP contribution in [-0.2, 0) is 0 Å². The van der Waals surface area contributed by atoms with Gasteiger partial charge in [-0.1, -0.05) is 80.1 Å². The molecule has 3 atom stereocenters. The average Bonchev–Trinajstić information content (AvgIpc) is 2.31. The van der Waals surface area contributed by atoms with Crippen molar-refractivity contribution in [2.75, 3.05) is 0 Å². The first kappa shape index (κ1) is 15.1. The van der Waals surface area contributed by atoms with E-state index in [9.17, 15) is 0 Å². The van der Waals surface area contributed by atoms with Crippen molar-refractivity contribution in [1.82, 2.24) is 0 Å².